The highest BCUT2D eigenvalue weighted by atomic mass is 16.4. The van der Waals surface area contributed by atoms with Crippen LogP contribution in [0.15, 0.2) is 17.2 Å². The molecule has 1 N–H and O–H groups in total. The number of hydrogen-bond acceptors (Lipinski definition) is 4. The van der Waals surface area contributed by atoms with Gasteiger partial charge in [0, 0.05) is 24.5 Å². The largest absolute Gasteiger partial charge is 0.480 e. The Balaban J connectivity index is 2.55. The molecular formula is C14H21N3O3. The van der Waals surface area contributed by atoms with Crippen molar-refractivity contribution < 1.29 is 9.90 Å². The van der Waals surface area contributed by atoms with Crippen molar-refractivity contribution in [3.63, 3.8) is 0 Å². The summed E-state index contributed by atoms with van der Waals surface area (Å²) in [6.07, 6.45) is 4.46. The Morgan fingerprint density at radius 2 is 2.10 bits per heavy atom. The number of hydrogen-bond donors (Lipinski definition) is 1. The van der Waals surface area contributed by atoms with Gasteiger partial charge in [-0.3, -0.25) is 4.79 Å². The van der Waals surface area contributed by atoms with Gasteiger partial charge in [-0.05, 0) is 40.5 Å². The predicted molar refractivity (Wildman–Crippen MR) is 76.1 cm³/mol. The van der Waals surface area contributed by atoms with Crippen molar-refractivity contribution in [2.45, 2.75) is 51.6 Å². The van der Waals surface area contributed by atoms with E-state index in [1.807, 2.05) is 20.8 Å². The van der Waals surface area contributed by atoms with Crippen LogP contribution >= 0.6 is 0 Å². The molecule has 2 rings (SSSR count). The van der Waals surface area contributed by atoms with E-state index >= 15 is 0 Å². The van der Waals surface area contributed by atoms with Crippen LogP contribution in [0.5, 0.6) is 0 Å². The molecule has 1 aliphatic rings. The van der Waals surface area contributed by atoms with Crippen molar-refractivity contribution in [1.82, 2.24) is 9.55 Å². The molecule has 6 heteroatoms. The molecule has 0 bridgehead atoms. The van der Waals surface area contributed by atoms with Crippen molar-refractivity contribution in [3.8, 4) is 0 Å². The monoisotopic (exact) mass is 279 g/mol. The maximum atomic E-state index is 12.6. The Labute approximate surface area is 118 Å². The molecule has 1 aromatic rings. The van der Waals surface area contributed by atoms with Gasteiger partial charge in [-0.2, -0.15) is 0 Å². The van der Waals surface area contributed by atoms with Gasteiger partial charge in [-0.15, -0.1) is 0 Å². The third-order valence-electron chi connectivity index (χ3n) is 3.90. The first kappa shape index (κ1) is 14.6. The summed E-state index contributed by atoms with van der Waals surface area (Å²) in [5.41, 5.74) is -1.66. The molecule has 0 aromatic carbocycles. The first-order valence-corrected chi connectivity index (χ1v) is 6.77. The van der Waals surface area contributed by atoms with E-state index in [1.54, 1.807) is 28.8 Å². The minimum Gasteiger partial charge on any atom is -0.480 e. The SMILES string of the molecule is CC1(C(=O)O)CCCN1c1nccn(C(C)(C)C)c1=O. The maximum absolute atomic E-state index is 12.6. The standard InChI is InChI=1S/C14H21N3O3/c1-13(2,3)17-9-7-15-10(11(17)18)16-8-5-6-14(16,4)12(19)20/h7,9H,5-6,8H2,1-4H3,(H,19,20). The molecule has 1 aromatic heterocycles. The number of carboxylic acid groups (broad SMARTS) is 1. The van der Waals surface area contributed by atoms with Crippen molar-refractivity contribution >= 4 is 11.8 Å². The average Bonchev–Trinajstić information content (AvgIpc) is 2.71. The summed E-state index contributed by atoms with van der Waals surface area (Å²) in [5.74, 6) is -0.688. The summed E-state index contributed by atoms with van der Waals surface area (Å²) >= 11 is 0. The Kier molecular flexibility index (Phi) is 3.36. The van der Waals surface area contributed by atoms with Gasteiger partial charge < -0.3 is 14.6 Å². The van der Waals surface area contributed by atoms with Gasteiger partial charge in [0.1, 0.15) is 5.54 Å². The molecule has 0 saturated carbocycles. The molecule has 1 atom stereocenters. The van der Waals surface area contributed by atoms with Crippen LogP contribution in [0.3, 0.4) is 0 Å². The van der Waals surface area contributed by atoms with Crippen molar-refractivity contribution in [3.05, 3.63) is 22.7 Å². The summed E-state index contributed by atoms with van der Waals surface area (Å²) in [7, 11) is 0. The van der Waals surface area contributed by atoms with E-state index in [-0.39, 0.29) is 16.9 Å². The highest BCUT2D eigenvalue weighted by Gasteiger charge is 2.45. The molecule has 6 nitrogen and oxygen atoms in total. The lowest BCUT2D eigenvalue weighted by molar-refractivity contribution is -0.142. The van der Waals surface area contributed by atoms with Gasteiger partial charge in [0.25, 0.3) is 5.56 Å². The zero-order valence-corrected chi connectivity index (χ0v) is 12.4. The van der Waals surface area contributed by atoms with Gasteiger partial charge in [0.05, 0.1) is 0 Å². The minimum absolute atomic E-state index is 0.227. The topological polar surface area (TPSA) is 75.4 Å². The second-order valence-electron chi connectivity index (χ2n) is 6.43. The van der Waals surface area contributed by atoms with Crippen molar-refractivity contribution in [2.24, 2.45) is 0 Å². The fourth-order valence-corrected chi connectivity index (χ4v) is 2.64. The van der Waals surface area contributed by atoms with Crippen molar-refractivity contribution in [1.29, 1.82) is 0 Å². The predicted octanol–water partition coefficient (Wildman–Crippen LogP) is 1.44. The number of carboxylic acids is 1. The molecule has 1 unspecified atom stereocenters. The third-order valence-corrected chi connectivity index (χ3v) is 3.90. The summed E-state index contributed by atoms with van der Waals surface area (Å²) in [6.45, 7) is 7.98. The average molecular weight is 279 g/mol. The lowest BCUT2D eigenvalue weighted by Crippen LogP contribution is -2.51. The van der Waals surface area contributed by atoms with Crippen LogP contribution in [-0.4, -0.2) is 32.7 Å². The molecule has 0 spiro atoms. The molecule has 1 fully saturated rings. The molecule has 0 amide bonds. The zero-order valence-electron chi connectivity index (χ0n) is 12.4. The second kappa shape index (κ2) is 4.61. The van der Waals surface area contributed by atoms with E-state index < -0.39 is 11.5 Å². The lowest BCUT2D eigenvalue weighted by Gasteiger charge is -2.32. The molecule has 0 aliphatic carbocycles. The summed E-state index contributed by atoms with van der Waals surface area (Å²) in [5, 5.41) is 9.45. The number of aliphatic carboxylic acids is 1. The number of anilines is 1. The zero-order chi connectivity index (χ0) is 15.1. The summed E-state index contributed by atoms with van der Waals surface area (Å²) in [6, 6.07) is 0. The normalized spacial score (nSPS) is 23.1. The number of carbonyl (C=O) groups is 1. The molecular weight excluding hydrogens is 258 g/mol. The lowest BCUT2D eigenvalue weighted by atomic mass is 9.99. The molecule has 110 valence electrons. The highest BCUT2D eigenvalue weighted by molar-refractivity contribution is 5.83. The van der Waals surface area contributed by atoms with Crippen LogP contribution in [-0.2, 0) is 10.3 Å². The van der Waals surface area contributed by atoms with E-state index in [1.165, 1.54) is 0 Å². The Morgan fingerprint density at radius 1 is 1.45 bits per heavy atom. The number of aromatic nitrogens is 2. The van der Waals surface area contributed by atoms with Gasteiger partial charge >= 0.3 is 5.97 Å². The minimum atomic E-state index is -1.05. The number of rotatable bonds is 2. The van der Waals surface area contributed by atoms with Crippen LogP contribution in [0.4, 0.5) is 5.82 Å². The van der Waals surface area contributed by atoms with E-state index in [4.69, 9.17) is 0 Å². The van der Waals surface area contributed by atoms with E-state index in [0.717, 1.165) is 6.42 Å². The molecule has 2 heterocycles. The van der Waals surface area contributed by atoms with Gasteiger partial charge in [-0.25, -0.2) is 9.78 Å². The van der Waals surface area contributed by atoms with Crippen molar-refractivity contribution in [2.75, 3.05) is 11.4 Å². The number of nitrogens with zero attached hydrogens (tertiary/aromatic N) is 3. The molecule has 20 heavy (non-hydrogen) atoms. The Bertz CT molecular complexity index is 588. The first-order valence-electron chi connectivity index (χ1n) is 6.77. The van der Waals surface area contributed by atoms with E-state index in [0.29, 0.717) is 13.0 Å². The Hall–Kier alpha value is -1.85. The fourth-order valence-electron chi connectivity index (χ4n) is 2.64. The quantitative estimate of drug-likeness (QED) is 0.886. The van der Waals surface area contributed by atoms with Gasteiger partial charge in [-0.1, -0.05) is 0 Å². The van der Waals surface area contributed by atoms with Crippen LogP contribution in [0.2, 0.25) is 0 Å². The van der Waals surface area contributed by atoms with Crippen LogP contribution < -0.4 is 10.5 Å². The second-order valence-corrected chi connectivity index (χ2v) is 6.43. The molecule has 1 saturated heterocycles. The summed E-state index contributed by atoms with van der Waals surface area (Å²) in [4.78, 5) is 29.9. The van der Waals surface area contributed by atoms with Gasteiger partial charge in [0.15, 0.2) is 5.82 Å². The van der Waals surface area contributed by atoms with E-state index in [9.17, 15) is 14.7 Å². The third kappa shape index (κ3) is 2.19. The smallest absolute Gasteiger partial charge is 0.329 e. The fraction of sp³-hybridized carbons (Fsp3) is 0.643. The highest BCUT2D eigenvalue weighted by Crippen LogP contribution is 2.31. The van der Waals surface area contributed by atoms with Crippen LogP contribution in [0.1, 0.15) is 40.5 Å². The van der Waals surface area contributed by atoms with Crippen LogP contribution in [0.25, 0.3) is 0 Å². The molecule has 0 radical (unpaired) electrons. The summed E-state index contributed by atoms with van der Waals surface area (Å²) < 4.78 is 1.59. The first-order chi connectivity index (χ1) is 9.18. The maximum Gasteiger partial charge on any atom is 0.329 e. The Morgan fingerprint density at radius 3 is 2.65 bits per heavy atom. The molecule has 1 aliphatic heterocycles. The van der Waals surface area contributed by atoms with Gasteiger partial charge in [0.2, 0.25) is 0 Å². The van der Waals surface area contributed by atoms with E-state index in [2.05, 4.69) is 4.98 Å². The van der Waals surface area contributed by atoms with Crippen LogP contribution in [0, 0.1) is 0 Å².